The van der Waals surface area contributed by atoms with Crippen molar-refractivity contribution in [2.45, 2.75) is 19.3 Å². The van der Waals surface area contributed by atoms with Crippen LogP contribution < -0.4 is 9.62 Å². The zero-order chi connectivity index (χ0) is 24.4. The van der Waals surface area contributed by atoms with Crippen LogP contribution in [0.5, 0.6) is 0 Å². The summed E-state index contributed by atoms with van der Waals surface area (Å²) < 4.78 is 79.1. The predicted octanol–water partition coefficient (Wildman–Crippen LogP) is 2.42. The third-order valence-corrected chi connectivity index (χ3v) is 5.92. The summed E-state index contributed by atoms with van der Waals surface area (Å²) in [5, 5.41) is 7.13. The topological polar surface area (TPSA) is 128 Å². The average molecular weight is 489 g/mol. The number of alkyl halides is 4. The molecule has 0 unspecified atom stereocenters. The van der Waals surface area contributed by atoms with Gasteiger partial charge in [-0.2, -0.15) is 0 Å². The van der Waals surface area contributed by atoms with Gasteiger partial charge in [-0.1, -0.05) is 6.92 Å². The third-order valence-electron chi connectivity index (χ3n) is 5.23. The Hall–Kier alpha value is -2.87. The number of hydrogen-bond donors (Lipinski definition) is 3. The fourth-order valence-electron chi connectivity index (χ4n) is 3.42. The van der Waals surface area contributed by atoms with Crippen molar-refractivity contribution in [2.75, 3.05) is 30.8 Å². The molecule has 1 aliphatic heterocycles. The van der Waals surface area contributed by atoms with E-state index in [1.54, 1.807) is 11.0 Å². The van der Waals surface area contributed by atoms with Gasteiger partial charge in [0.1, 0.15) is 18.0 Å². The molecule has 0 aliphatic carbocycles. The molecule has 3 N–H and O–H groups in total. The van der Waals surface area contributed by atoms with Crippen molar-refractivity contribution in [3.8, 4) is 11.4 Å². The normalized spacial score (nSPS) is 21.1. The number of anilines is 1. The number of hydrogen-bond acceptors (Lipinski definition) is 7. The smallest absolute Gasteiger partial charge is 0.279 e. The molecule has 0 aromatic carbocycles. The minimum absolute atomic E-state index is 0.00549. The second-order valence-electron chi connectivity index (χ2n) is 7.83. The van der Waals surface area contributed by atoms with E-state index in [0.29, 0.717) is 17.2 Å². The SMILES string of the molecule is C[C@H]1CN(c2cc(-c3cnc(/C=C\C(=N)C(F)F)[nH]3)ncn2)C[C@@H](CNS(C)(=O)=O)C1(F)F. The quantitative estimate of drug-likeness (QED) is 0.386. The molecule has 0 bridgehead atoms. The standard InChI is InChI=1S/C19H23F4N7O2S/c1-11-8-30(9-12(19(11,22)23)6-28-33(2,31)32)17-5-14(26-10-27-17)15-7-25-16(29-15)4-3-13(24)18(20)21/h3-5,7,10-12,18,24,28H,6,8-9H2,1-2H3,(H,25,29)/b4-3-,24-13?/t11-,12+/m0/s1. The molecule has 2 aromatic rings. The zero-order valence-electron chi connectivity index (χ0n) is 17.8. The summed E-state index contributed by atoms with van der Waals surface area (Å²) in [7, 11) is -3.63. The lowest BCUT2D eigenvalue weighted by Gasteiger charge is -2.43. The molecule has 33 heavy (non-hydrogen) atoms. The van der Waals surface area contributed by atoms with Gasteiger partial charge in [0.15, 0.2) is 0 Å². The van der Waals surface area contributed by atoms with E-state index < -0.39 is 46.5 Å². The van der Waals surface area contributed by atoms with Crippen LogP contribution in [0.3, 0.4) is 0 Å². The van der Waals surface area contributed by atoms with Gasteiger partial charge in [-0.3, -0.25) is 5.41 Å². The van der Waals surface area contributed by atoms with E-state index in [2.05, 4.69) is 24.7 Å². The molecule has 3 rings (SSSR count). The summed E-state index contributed by atoms with van der Waals surface area (Å²) in [5.74, 6) is -4.78. The molecule has 180 valence electrons. The van der Waals surface area contributed by atoms with Crippen molar-refractivity contribution >= 4 is 27.6 Å². The Morgan fingerprint density at radius 1 is 1.36 bits per heavy atom. The van der Waals surface area contributed by atoms with Gasteiger partial charge in [0, 0.05) is 31.6 Å². The fourth-order valence-corrected chi connectivity index (χ4v) is 3.92. The number of aromatic amines is 1. The molecule has 0 amide bonds. The van der Waals surface area contributed by atoms with Crippen LogP contribution in [0.4, 0.5) is 23.4 Å². The highest BCUT2D eigenvalue weighted by Gasteiger charge is 2.49. The largest absolute Gasteiger partial charge is 0.355 e. The Labute approximate surface area is 187 Å². The van der Waals surface area contributed by atoms with Gasteiger partial charge in [-0.25, -0.2) is 45.7 Å². The second kappa shape index (κ2) is 9.55. The van der Waals surface area contributed by atoms with Crippen molar-refractivity contribution in [2.24, 2.45) is 11.8 Å². The highest BCUT2D eigenvalue weighted by molar-refractivity contribution is 7.88. The van der Waals surface area contributed by atoms with Gasteiger partial charge < -0.3 is 9.88 Å². The zero-order valence-corrected chi connectivity index (χ0v) is 18.6. The lowest BCUT2D eigenvalue weighted by molar-refractivity contribution is -0.108. The first-order valence-corrected chi connectivity index (χ1v) is 11.8. The van der Waals surface area contributed by atoms with E-state index >= 15 is 0 Å². The summed E-state index contributed by atoms with van der Waals surface area (Å²) in [4.78, 5) is 16.9. The number of sulfonamides is 1. The Bertz CT molecular complexity index is 1140. The highest BCUT2D eigenvalue weighted by atomic mass is 32.2. The Balaban J connectivity index is 1.79. The van der Waals surface area contributed by atoms with Crippen LogP contribution in [0.2, 0.25) is 0 Å². The molecule has 3 heterocycles. The van der Waals surface area contributed by atoms with Crippen LogP contribution in [0.15, 0.2) is 24.7 Å². The van der Waals surface area contributed by atoms with Crippen molar-refractivity contribution in [1.82, 2.24) is 24.7 Å². The second-order valence-corrected chi connectivity index (χ2v) is 9.66. The van der Waals surface area contributed by atoms with E-state index in [1.807, 2.05) is 0 Å². The summed E-state index contributed by atoms with van der Waals surface area (Å²) in [6, 6.07) is 1.57. The van der Waals surface area contributed by atoms with Crippen LogP contribution in [-0.4, -0.2) is 72.3 Å². The number of rotatable bonds is 8. The fraction of sp³-hybridized carbons (Fsp3) is 0.474. The highest BCUT2D eigenvalue weighted by Crippen LogP contribution is 2.39. The summed E-state index contributed by atoms with van der Waals surface area (Å²) >= 11 is 0. The maximum Gasteiger partial charge on any atom is 0.279 e. The Morgan fingerprint density at radius 2 is 2.09 bits per heavy atom. The van der Waals surface area contributed by atoms with Gasteiger partial charge >= 0.3 is 0 Å². The summed E-state index contributed by atoms with van der Waals surface area (Å²) in [6.45, 7) is 0.870. The number of halogens is 4. The van der Waals surface area contributed by atoms with Crippen molar-refractivity contribution in [1.29, 1.82) is 5.41 Å². The number of piperidine rings is 1. The van der Waals surface area contributed by atoms with Gasteiger partial charge in [-0.05, 0) is 12.2 Å². The molecular weight excluding hydrogens is 466 g/mol. The predicted molar refractivity (Wildman–Crippen MR) is 115 cm³/mol. The molecule has 1 aliphatic rings. The van der Waals surface area contributed by atoms with Crippen molar-refractivity contribution in [3.63, 3.8) is 0 Å². The molecule has 0 radical (unpaired) electrons. The molecule has 1 saturated heterocycles. The van der Waals surface area contributed by atoms with E-state index in [9.17, 15) is 26.0 Å². The molecule has 2 atom stereocenters. The van der Waals surface area contributed by atoms with E-state index in [1.165, 1.54) is 25.5 Å². The lowest BCUT2D eigenvalue weighted by atomic mass is 9.86. The lowest BCUT2D eigenvalue weighted by Crippen LogP contribution is -2.56. The first-order chi connectivity index (χ1) is 15.4. The Kier molecular flexibility index (Phi) is 7.17. The van der Waals surface area contributed by atoms with Crippen molar-refractivity contribution in [3.05, 3.63) is 30.5 Å². The van der Waals surface area contributed by atoms with Gasteiger partial charge in [0.05, 0.1) is 35.5 Å². The Morgan fingerprint density at radius 3 is 2.76 bits per heavy atom. The maximum atomic E-state index is 14.7. The number of nitrogens with one attached hydrogen (secondary N) is 3. The first-order valence-electron chi connectivity index (χ1n) is 9.86. The molecule has 1 fully saturated rings. The number of nitrogens with zero attached hydrogens (tertiary/aromatic N) is 4. The minimum Gasteiger partial charge on any atom is -0.355 e. The summed E-state index contributed by atoms with van der Waals surface area (Å²) in [6.07, 6.45) is 2.86. The van der Waals surface area contributed by atoms with E-state index in [0.717, 1.165) is 12.3 Å². The van der Waals surface area contributed by atoms with Gasteiger partial charge in [0.25, 0.3) is 12.3 Å². The molecule has 0 saturated carbocycles. The number of H-pyrrole nitrogens is 1. The van der Waals surface area contributed by atoms with Crippen LogP contribution in [0, 0.1) is 17.2 Å². The molecule has 2 aromatic heterocycles. The minimum atomic E-state index is -3.63. The first kappa shape index (κ1) is 24.8. The van der Waals surface area contributed by atoms with Gasteiger partial charge in [0.2, 0.25) is 10.0 Å². The molecule has 0 spiro atoms. The maximum absolute atomic E-state index is 14.7. The molecular formula is C19H23F4N7O2S. The van der Waals surface area contributed by atoms with Crippen molar-refractivity contribution < 1.29 is 26.0 Å². The van der Waals surface area contributed by atoms with Crippen LogP contribution in [0.1, 0.15) is 12.7 Å². The molecule has 9 nitrogen and oxygen atoms in total. The number of allylic oxidation sites excluding steroid dienone is 1. The number of imidazole rings is 1. The van der Waals surface area contributed by atoms with E-state index in [4.69, 9.17) is 5.41 Å². The van der Waals surface area contributed by atoms with Gasteiger partial charge in [-0.15, -0.1) is 0 Å². The molecule has 14 heteroatoms. The monoisotopic (exact) mass is 489 g/mol. The average Bonchev–Trinajstić information content (AvgIpc) is 3.21. The summed E-state index contributed by atoms with van der Waals surface area (Å²) in [5.41, 5.74) is -0.0207. The number of aromatic nitrogens is 4. The van der Waals surface area contributed by atoms with Crippen LogP contribution >= 0.6 is 0 Å². The van der Waals surface area contributed by atoms with Crippen LogP contribution in [0.25, 0.3) is 17.5 Å². The van der Waals surface area contributed by atoms with Crippen LogP contribution in [-0.2, 0) is 10.0 Å². The van der Waals surface area contributed by atoms with E-state index in [-0.39, 0.29) is 18.9 Å². The third kappa shape index (κ3) is 6.13.